The maximum absolute atomic E-state index is 7.59. The predicted octanol–water partition coefficient (Wildman–Crippen LogP) is 5.91. The fourth-order valence-corrected chi connectivity index (χ4v) is 17.0. The molecule has 4 aromatic carbocycles. The summed E-state index contributed by atoms with van der Waals surface area (Å²) in [7, 11) is -0.746. The van der Waals surface area contributed by atoms with E-state index in [1.807, 2.05) is 12.1 Å². The molecule has 0 bridgehead atoms. The van der Waals surface area contributed by atoms with Crippen LogP contribution in [0.5, 0.6) is 0 Å². The van der Waals surface area contributed by atoms with Gasteiger partial charge in [-0.1, -0.05) is 163 Å². The normalized spacial score (nSPS) is 22.2. The lowest BCUT2D eigenvalue weighted by Gasteiger charge is -2.51. The Morgan fingerprint density at radius 1 is 0.490 bits per heavy atom. The van der Waals surface area contributed by atoms with Gasteiger partial charge in [-0.3, -0.25) is 0 Å². The molecule has 262 valence electrons. The number of hydrogen-bond donors (Lipinski definition) is 0. The quantitative estimate of drug-likeness (QED) is 0.172. The van der Waals surface area contributed by atoms with Gasteiger partial charge < -0.3 is 27.8 Å². The summed E-state index contributed by atoms with van der Waals surface area (Å²) in [5, 5.41) is 4.31. The van der Waals surface area contributed by atoms with Crippen molar-refractivity contribution in [1.82, 2.24) is 0 Å². The van der Waals surface area contributed by atoms with E-state index in [2.05, 4.69) is 151 Å². The number of ether oxygens (including phenoxy) is 4. The number of rotatable bonds is 12. The second kappa shape index (κ2) is 15.5. The van der Waals surface area contributed by atoms with Gasteiger partial charge in [0.25, 0.3) is 16.6 Å². The van der Waals surface area contributed by atoms with Gasteiger partial charge in [-0.05, 0) is 30.8 Å². The van der Waals surface area contributed by atoms with E-state index in [4.69, 9.17) is 27.8 Å². The van der Waals surface area contributed by atoms with Gasteiger partial charge in [-0.15, -0.1) is 0 Å². The lowest BCUT2D eigenvalue weighted by atomic mass is 9.99. The Bertz CT molecular complexity index is 1500. The summed E-state index contributed by atoms with van der Waals surface area (Å²) in [4.78, 5) is 0. The third kappa shape index (κ3) is 7.16. The average Bonchev–Trinajstić information content (AvgIpc) is 3.11. The first-order valence-corrected chi connectivity index (χ1v) is 21.0. The fourth-order valence-electron chi connectivity index (χ4n) is 7.75. The molecule has 0 N–H and O–H groups in total. The van der Waals surface area contributed by atoms with Gasteiger partial charge in [-0.2, -0.15) is 0 Å². The van der Waals surface area contributed by atoms with Crippen LogP contribution in [0.3, 0.4) is 0 Å². The third-order valence-electron chi connectivity index (χ3n) is 9.98. The van der Waals surface area contributed by atoms with Crippen LogP contribution in [0.15, 0.2) is 121 Å². The summed E-state index contributed by atoms with van der Waals surface area (Å²) in [6.45, 7) is 13.9. The second-order valence-corrected chi connectivity index (χ2v) is 23.5. The molecule has 8 heteroatoms. The van der Waals surface area contributed by atoms with Crippen molar-refractivity contribution in [3.8, 4) is 0 Å². The lowest BCUT2D eigenvalue weighted by molar-refractivity contribution is -0.297. The van der Waals surface area contributed by atoms with E-state index in [9.17, 15) is 0 Å². The van der Waals surface area contributed by atoms with Crippen molar-refractivity contribution >= 4 is 37.4 Å². The van der Waals surface area contributed by atoms with Crippen LogP contribution in [0, 0.1) is 0 Å². The molecule has 0 unspecified atom stereocenters. The van der Waals surface area contributed by atoms with Gasteiger partial charge in [0.1, 0.15) is 24.4 Å². The molecular formula is C41H54O6Si2. The minimum Gasteiger partial charge on any atom is -0.405 e. The minimum atomic E-state index is -3.00. The Hall–Kier alpha value is -2.93. The van der Waals surface area contributed by atoms with Crippen LogP contribution in [0.4, 0.5) is 0 Å². The highest BCUT2D eigenvalue weighted by molar-refractivity contribution is 7.00. The number of hydrogen-bond acceptors (Lipinski definition) is 6. The molecule has 0 amide bonds. The van der Waals surface area contributed by atoms with E-state index in [1.165, 1.54) is 20.7 Å². The van der Waals surface area contributed by atoms with Gasteiger partial charge in [0, 0.05) is 21.3 Å². The Morgan fingerprint density at radius 2 is 0.857 bits per heavy atom. The molecule has 0 spiro atoms. The van der Waals surface area contributed by atoms with Gasteiger partial charge >= 0.3 is 0 Å². The van der Waals surface area contributed by atoms with E-state index in [0.717, 1.165) is 0 Å². The van der Waals surface area contributed by atoms with Crippen molar-refractivity contribution < 1.29 is 27.8 Å². The molecule has 1 saturated heterocycles. The van der Waals surface area contributed by atoms with E-state index in [1.54, 1.807) is 21.3 Å². The van der Waals surface area contributed by atoms with E-state index < -0.39 is 47.3 Å². The molecule has 6 nitrogen and oxygen atoms in total. The van der Waals surface area contributed by atoms with Crippen LogP contribution >= 0.6 is 0 Å². The topological polar surface area (TPSA) is 55.4 Å². The Balaban J connectivity index is 1.56. The van der Waals surface area contributed by atoms with Gasteiger partial charge in [0.05, 0.1) is 6.61 Å². The highest BCUT2D eigenvalue weighted by Crippen LogP contribution is 2.41. The second-order valence-electron chi connectivity index (χ2n) is 14.9. The third-order valence-corrected chi connectivity index (χ3v) is 20.0. The minimum absolute atomic E-state index is 0.191. The Morgan fingerprint density at radius 3 is 1.18 bits per heavy atom. The molecule has 0 aliphatic carbocycles. The maximum atomic E-state index is 7.59. The molecule has 0 saturated carbocycles. The van der Waals surface area contributed by atoms with E-state index in [0.29, 0.717) is 0 Å². The summed E-state index contributed by atoms with van der Waals surface area (Å²) in [6, 6.07) is 42.5. The Kier molecular flexibility index (Phi) is 11.8. The molecular weight excluding hydrogens is 645 g/mol. The fraction of sp³-hybridized carbons (Fsp3) is 0.415. The molecule has 0 aromatic heterocycles. The molecule has 49 heavy (non-hydrogen) atoms. The summed E-state index contributed by atoms with van der Waals surface area (Å²) >= 11 is 0. The van der Waals surface area contributed by atoms with Gasteiger partial charge in [0.2, 0.25) is 0 Å². The van der Waals surface area contributed by atoms with Crippen molar-refractivity contribution in [1.29, 1.82) is 0 Å². The van der Waals surface area contributed by atoms with Crippen molar-refractivity contribution in [2.75, 3.05) is 27.9 Å². The van der Waals surface area contributed by atoms with E-state index in [-0.39, 0.29) is 16.7 Å². The molecule has 1 heterocycles. The number of benzene rings is 4. The smallest absolute Gasteiger partial charge is 0.261 e. The molecule has 1 aliphatic rings. The highest BCUT2D eigenvalue weighted by Gasteiger charge is 2.58. The molecule has 1 fully saturated rings. The van der Waals surface area contributed by atoms with Crippen LogP contribution in [-0.4, -0.2) is 75.3 Å². The van der Waals surface area contributed by atoms with Crippen molar-refractivity contribution in [2.24, 2.45) is 0 Å². The van der Waals surface area contributed by atoms with Crippen molar-refractivity contribution in [3.05, 3.63) is 121 Å². The predicted molar refractivity (Wildman–Crippen MR) is 203 cm³/mol. The van der Waals surface area contributed by atoms with Crippen LogP contribution < -0.4 is 20.7 Å². The monoisotopic (exact) mass is 698 g/mol. The van der Waals surface area contributed by atoms with Crippen molar-refractivity contribution in [2.45, 2.75) is 82.3 Å². The van der Waals surface area contributed by atoms with Gasteiger partial charge in [-0.25, -0.2) is 0 Å². The van der Waals surface area contributed by atoms with Crippen LogP contribution in [0.2, 0.25) is 10.1 Å². The molecule has 4 aromatic rings. The van der Waals surface area contributed by atoms with E-state index >= 15 is 0 Å². The van der Waals surface area contributed by atoms with Crippen LogP contribution in [0.25, 0.3) is 0 Å². The average molecular weight is 699 g/mol. The first kappa shape index (κ1) is 37.3. The maximum Gasteiger partial charge on any atom is 0.261 e. The zero-order chi connectivity index (χ0) is 35.3. The standard InChI is InChI=1S/C41H54O6Si2/c1-40(2,3)48(31-22-14-10-15-23-31,32-24-16-11-17-25-32)45-30-35-36(42-7)37(43-8)38(39(44-9)46-35)47-49(41(4,5)6,33-26-18-12-19-27-33)34-28-20-13-21-29-34/h10-29,35-39H,30H2,1-9H3/t35-,36-,37+,38+,39+/m1/s1. The first-order chi connectivity index (χ1) is 23.4. The van der Waals surface area contributed by atoms with Gasteiger partial charge in [0.15, 0.2) is 6.29 Å². The highest BCUT2D eigenvalue weighted by atomic mass is 28.4. The molecule has 5 atom stereocenters. The number of methoxy groups -OCH3 is 3. The summed E-state index contributed by atoms with van der Waals surface area (Å²) in [5.41, 5.74) is 0. The zero-order valence-electron chi connectivity index (χ0n) is 30.6. The van der Waals surface area contributed by atoms with Crippen LogP contribution in [-0.2, 0) is 27.8 Å². The largest absolute Gasteiger partial charge is 0.405 e. The summed E-state index contributed by atoms with van der Waals surface area (Å²) < 4.78 is 40.6. The summed E-state index contributed by atoms with van der Waals surface area (Å²) in [6.07, 6.45) is -2.79. The zero-order valence-corrected chi connectivity index (χ0v) is 32.6. The lowest BCUT2D eigenvalue weighted by Crippen LogP contribution is -2.72. The van der Waals surface area contributed by atoms with Crippen molar-refractivity contribution in [3.63, 3.8) is 0 Å². The molecule has 1 aliphatic heterocycles. The molecule has 0 radical (unpaired) electrons. The first-order valence-electron chi connectivity index (χ1n) is 17.2. The SMILES string of the molecule is CO[C@H]1O[C@H](CO[Si](c2ccccc2)(c2ccccc2)C(C)(C)C)[C@@H](OC)[C@H](OC)[C@@H]1O[Si](c1ccccc1)(c1ccccc1)C(C)(C)C. The summed E-state index contributed by atoms with van der Waals surface area (Å²) in [5.74, 6) is 0. The Labute approximate surface area is 295 Å². The van der Waals surface area contributed by atoms with Crippen LogP contribution in [0.1, 0.15) is 41.5 Å². The molecule has 5 rings (SSSR count).